The standard InChI is InChI=1S/C24H26FN5O3/c1-28(2)8-4-10-32-19-7-6-15(13-27-19)20-16(25)12-17-21-22-18(14-26-17)29(3)24(31)30(22)9-5-11-33-23(20)21/h6-7,12-14H,4-5,8-11H2,1-3H3. The molecule has 0 saturated heterocycles. The molecule has 9 heteroatoms. The van der Waals surface area contributed by atoms with Gasteiger partial charge in [0.25, 0.3) is 0 Å². The second-order valence-corrected chi connectivity index (χ2v) is 8.53. The van der Waals surface area contributed by atoms with Crippen LogP contribution in [0.15, 0.2) is 35.4 Å². The van der Waals surface area contributed by atoms with Crippen molar-refractivity contribution in [3.8, 4) is 22.8 Å². The highest BCUT2D eigenvalue weighted by atomic mass is 19.1. The van der Waals surface area contributed by atoms with E-state index in [-0.39, 0.29) is 5.69 Å². The maximum atomic E-state index is 15.4. The second kappa shape index (κ2) is 8.47. The second-order valence-electron chi connectivity index (χ2n) is 8.53. The molecule has 0 saturated carbocycles. The summed E-state index contributed by atoms with van der Waals surface area (Å²) in [4.78, 5) is 23.7. The molecule has 0 fully saturated rings. The van der Waals surface area contributed by atoms with Gasteiger partial charge >= 0.3 is 5.69 Å². The predicted molar refractivity (Wildman–Crippen MR) is 124 cm³/mol. The normalized spacial score (nSPS) is 13.5. The third-order valence-corrected chi connectivity index (χ3v) is 5.96. The summed E-state index contributed by atoms with van der Waals surface area (Å²) in [5.74, 6) is 0.433. The van der Waals surface area contributed by atoms with E-state index in [1.807, 2.05) is 14.1 Å². The quantitative estimate of drug-likeness (QED) is 0.419. The third-order valence-electron chi connectivity index (χ3n) is 5.96. The molecule has 0 unspecified atom stereocenters. The molecule has 1 aromatic carbocycles. The molecule has 0 atom stereocenters. The van der Waals surface area contributed by atoms with Gasteiger partial charge in [-0.25, -0.2) is 14.2 Å². The Morgan fingerprint density at radius 1 is 1.24 bits per heavy atom. The van der Waals surface area contributed by atoms with Crippen molar-refractivity contribution >= 4 is 21.9 Å². The molecule has 4 heterocycles. The molecule has 0 bridgehead atoms. The van der Waals surface area contributed by atoms with Crippen molar-refractivity contribution < 1.29 is 13.9 Å². The van der Waals surface area contributed by atoms with E-state index in [2.05, 4.69) is 14.9 Å². The van der Waals surface area contributed by atoms with Crippen molar-refractivity contribution in [2.75, 3.05) is 33.9 Å². The Kier molecular flexibility index (Phi) is 5.49. The summed E-state index contributed by atoms with van der Waals surface area (Å²) in [7, 11) is 5.75. The fourth-order valence-electron chi connectivity index (χ4n) is 4.35. The molecule has 3 aromatic heterocycles. The Labute approximate surface area is 190 Å². The molecule has 1 aliphatic rings. The van der Waals surface area contributed by atoms with Gasteiger partial charge in [-0.1, -0.05) is 0 Å². The van der Waals surface area contributed by atoms with Crippen LogP contribution < -0.4 is 15.2 Å². The zero-order valence-corrected chi connectivity index (χ0v) is 19.0. The highest BCUT2D eigenvalue weighted by Gasteiger charge is 2.25. The highest BCUT2D eigenvalue weighted by molar-refractivity contribution is 6.09. The van der Waals surface area contributed by atoms with Crippen LogP contribution in [0.1, 0.15) is 12.8 Å². The number of hydrogen-bond donors (Lipinski definition) is 0. The lowest BCUT2D eigenvalue weighted by molar-refractivity contribution is 0.273. The van der Waals surface area contributed by atoms with Gasteiger partial charge in [-0.05, 0) is 33.0 Å². The van der Waals surface area contributed by atoms with Gasteiger partial charge in [0.05, 0.1) is 46.9 Å². The van der Waals surface area contributed by atoms with Crippen LogP contribution in [-0.4, -0.2) is 57.9 Å². The van der Waals surface area contributed by atoms with Crippen molar-refractivity contribution in [1.29, 1.82) is 0 Å². The van der Waals surface area contributed by atoms with Gasteiger partial charge in [-0.3, -0.25) is 14.1 Å². The van der Waals surface area contributed by atoms with Crippen molar-refractivity contribution in [2.24, 2.45) is 7.05 Å². The average molecular weight is 452 g/mol. The summed E-state index contributed by atoms with van der Waals surface area (Å²) in [6.45, 7) is 2.37. The summed E-state index contributed by atoms with van der Waals surface area (Å²) < 4.78 is 30.5. The Morgan fingerprint density at radius 3 is 2.85 bits per heavy atom. The molecule has 0 aliphatic carbocycles. The summed E-state index contributed by atoms with van der Waals surface area (Å²) in [5.41, 5.74) is 2.64. The molecule has 33 heavy (non-hydrogen) atoms. The van der Waals surface area contributed by atoms with Gasteiger partial charge in [0.2, 0.25) is 5.88 Å². The van der Waals surface area contributed by atoms with Crippen LogP contribution in [0.25, 0.3) is 33.1 Å². The molecular formula is C24H26FN5O3. The number of pyridine rings is 2. The highest BCUT2D eigenvalue weighted by Crippen LogP contribution is 2.42. The maximum Gasteiger partial charge on any atom is 0.328 e. The van der Waals surface area contributed by atoms with Crippen LogP contribution in [0, 0.1) is 5.82 Å². The molecular weight excluding hydrogens is 425 g/mol. The first-order chi connectivity index (χ1) is 16.0. The van der Waals surface area contributed by atoms with Crippen LogP contribution >= 0.6 is 0 Å². The minimum Gasteiger partial charge on any atom is -0.492 e. The van der Waals surface area contributed by atoms with Gasteiger partial charge < -0.3 is 14.4 Å². The van der Waals surface area contributed by atoms with Gasteiger partial charge in [0, 0.05) is 44.0 Å². The molecule has 0 amide bonds. The SMILES string of the molecule is CN(C)CCCOc1ccc(-c2c(F)cc3ncc4c5c3c2OCCCn5c(=O)n4C)cn1. The fraction of sp³-hybridized carbons (Fsp3) is 0.375. The van der Waals surface area contributed by atoms with Gasteiger partial charge in [0.15, 0.2) is 0 Å². The van der Waals surface area contributed by atoms with E-state index in [0.29, 0.717) is 65.4 Å². The van der Waals surface area contributed by atoms with E-state index < -0.39 is 5.82 Å². The maximum absolute atomic E-state index is 15.4. The summed E-state index contributed by atoms with van der Waals surface area (Å²) in [5, 5.41) is 0.644. The van der Waals surface area contributed by atoms with E-state index >= 15 is 4.39 Å². The van der Waals surface area contributed by atoms with Gasteiger partial charge in [0.1, 0.15) is 11.6 Å². The monoisotopic (exact) mass is 451 g/mol. The van der Waals surface area contributed by atoms with Gasteiger partial charge in [-0.15, -0.1) is 0 Å². The first kappa shape index (κ1) is 21.4. The molecule has 5 rings (SSSR count). The zero-order chi connectivity index (χ0) is 23.1. The lowest BCUT2D eigenvalue weighted by Crippen LogP contribution is -2.23. The number of hydrogen-bond acceptors (Lipinski definition) is 6. The first-order valence-electron chi connectivity index (χ1n) is 11.0. The molecule has 0 radical (unpaired) electrons. The summed E-state index contributed by atoms with van der Waals surface area (Å²) >= 11 is 0. The number of imidazole rings is 1. The molecule has 0 spiro atoms. The van der Waals surface area contributed by atoms with Crippen molar-refractivity contribution in [3.05, 3.63) is 46.9 Å². The zero-order valence-electron chi connectivity index (χ0n) is 19.0. The Morgan fingerprint density at radius 2 is 2.09 bits per heavy atom. The van der Waals surface area contributed by atoms with E-state index in [1.54, 1.807) is 40.7 Å². The minimum atomic E-state index is -0.448. The van der Waals surface area contributed by atoms with Crippen LogP contribution in [0.5, 0.6) is 11.6 Å². The predicted octanol–water partition coefficient (Wildman–Crippen LogP) is 3.20. The third kappa shape index (κ3) is 3.72. The Balaban J connectivity index is 1.62. The van der Waals surface area contributed by atoms with Gasteiger partial charge in [-0.2, -0.15) is 0 Å². The molecule has 1 aliphatic heterocycles. The molecule has 172 valence electrons. The summed E-state index contributed by atoms with van der Waals surface area (Å²) in [6, 6.07) is 4.91. The van der Waals surface area contributed by atoms with Crippen molar-refractivity contribution in [1.82, 2.24) is 24.0 Å². The first-order valence-corrected chi connectivity index (χ1v) is 11.0. The Hall–Kier alpha value is -3.46. The minimum absolute atomic E-state index is 0.115. The topological polar surface area (TPSA) is 74.4 Å². The number of aromatic nitrogens is 4. The number of aryl methyl sites for hydroxylation is 2. The largest absolute Gasteiger partial charge is 0.492 e. The number of ether oxygens (including phenoxy) is 2. The smallest absolute Gasteiger partial charge is 0.328 e. The number of halogens is 1. The summed E-state index contributed by atoms with van der Waals surface area (Å²) in [6.07, 6.45) is 4.73. The van der Waals surface area contributed by atoms with E-state index in [4.69, 9.17) is 9.47 Å². The Bertz CT molecular complexity index is 1390. The molecule has 0 N–H and O–H groups in total. The average Bonchev–Trinajstić information content (AvgIpc) is 3.02. The van der Waals surface area contributed by atoms with Crippen LogP contribution in [0.4, 0.5) is 4.39 Å². The van der Waals surface area contributed by atoms with Crippen molar-refractivity contribution in [3.63, 3.8) is 0 Å². The number of rotatable bonds is 6. The van der Waals surface area contributed by atoms with E-state index in [0.717, 1.165) is 18.5 Å². The lowest BCUT2D eigenvalue weighted by atomic mass is 10.0. The van der Waals surface area contributed by atoms with Crippen LogP contribution in [-0.2, 0) is 13.6 Å². The number of benzene rings is 1. The van der Waals surface area contributed by atoms with Crippen molar-refractivity contribution in [2.45, 2.75) is 19.4 Å². The fourth-order valence-corrected chi connectivity index (χ4v) is 4.35. The molecule has 8 nitrogen and oxygen atoms in total. The van der Waals surface area contributed by atoms with Crippen LogP contribution in [0.3, 0.4) is 0 Å². The van der Waals surface area contributed by atoms with E-state index in [9.17, 15) is 4.79 Å². The lowest BCUT2D eigenvalue weighted by Gasteiger charge is -2.19. The molecule has 4 aromatic rings. The number of nitrogens with zero attached hydrogens (tertiary/aromatic N) is 5. The van der Waals surface area contributed by atoms with E-state index in [1.165, 1.54) is 6.07 Å². The van der Waals surface area contributed by atoms with Crippen LogP contribution in [0.2, 0.25) is 0 Å².